The van der Waals surface area contributed by atoms with Crippen LogP contribution in [0.5, 0.6) is 0 Å². The van der Waals surface area contributed by atoms with Crippen molar-refractivity contribution in [1.82, 2.24) is 5.32 Å². The van der Waals surface area contributed by atoms with E-state index >= 15 is 0 Å². The third-order valence-electron chi connectivity index (χ3n) is 3.55. The van der Waals surface area contributed by atoms with Gasteiger partial charge in [0, 0.05) is 30.0 Å². The summed E-state index contributed by atoms with van der Waals surface area (Å²) in [5.41, 5.74) is 1.85. The monoisotopic (exact) mass is 329 g/mol. The van der Waals surface area contributed by atoms with E-state index in [1.165, 1.54) is 5.56 Å². The highest BCUT2D eigenvalue weighted by molar-refractivity contribution is 6.30. The second-order valence-corrected chi connectivity index (χ2v) is 5.81. The van der Waals surface area contributed by atoms with Crippen LogP contribution in [0.25, 0.3) is 0 Å². The summed E-state index contributed by atoms with van der Waals surface area (Å²) in [5.74, 6) is -0.124. The molecule has 0 fully saturated rings. The van der Waals surface area contributed by atoms with Crippen LogP contribution in [0.1, 0.15) is 35.2 Å². The average Bonchev–Trinajstić information content (AvgIpc) is 2.58. The summed E-state index contributed by atoms with van der Waals surface area (Å²) in [6, 6.07) is 16.9. The molecular weight excluding hydrogens is 310 g/mol. The summed E-state index contributed by atoms with van der Waals surface area (Å²) in [6.45, 7) is 0.628. The predicted molar refractivity (Wildman–Crippen MR) is 92.8 cm³/mol. The maximum atomic E-state index is 12.0. The first-order chi connectivity index (χ1) is 11.1. The first-order valence-electron chi connectivity index (χ1n) is 7.74. The smallest absolute Gasteiger partial charge is 0.220 e. The van der Waals surface area contributed by atoms with Crippen LogP contribution < -0.4 is 5.32 Å². The number of rotatable bonds is 8. The molecule has 0 aromatic heterocycles. The molecule has 0 aliphatic carbocycles. The maximum absolute atomic E-state index is 12.0. The predicted octanol–water partition coefficient (Wildman–Crippen LogP) is 4.05. The molecule has 23 heavy (non-hydrogen) atoms. The van der Waals surface area contributed by atoms with Gasteiger partial charge in [0.2, 0.25) is 5.91 Å². The minimum atomic E-state index is -0.0830. The van der Waals surface area contributed by atoms with Gasteiger partial charge in [-0.3, -0.25) is 9.59 Å². The van der Waals surface area contributed by atoms with Gasteiger partial charge in [-0.1, -0.05) is 41.9 Å². The van der Waals surface area contributed by atoms with Crippen molar-refractivity contribution in [1.29, 1.82) is 0 Å². The Kier molecular flexibility index (Phi) is 6.82. The number of halogens is 1. The lowest BCUT2D eigenvalue weighted by Crippen LogP contribution is -2.25. The fourth-order valence-corrected chi connectivity index (χ4v) is 2.39. The highest BCUT2D eigenvalue weighted by Gasteiger charge is 2.09. The average molecular weight is 330 g/mol. The number of hydrogen-bond acceptors (Lipinski definition) is 2. The molecule has 0 bridgehead atoms. The molecule has 0 saturated carbocycles. The summed E-state index contributed by atoms with van der Waals surface area (Å²) in [6.07, 6.45) is 2.25. The largest absolute Gasteiger partial charge is 0.356 e. The van der Waals surface area contributed by atoms with Crippen LogP contribution in [-0.4, -0.2) is 18.2 Å². The Bertz CT molecular complexity index is 638. The lowest BCUT2D eigenvalue weighted by atomic mass is 10.1. The first-order valence-corrected chi connectivity index (χ1v) is 8.12. The second kappa shape index (κ2) is 9.11. The highest BCUT2D eigenvalue weighted by atomic mass is 35.5. The van der Waals surface area contributed by atoms with E-state index in [9.17, 15) is 9.59 Å². The Morgan fingerprint density at radius 3 is 2.30 bits per heavy atom. The molecule has 2 aromatic rings. The molecule has 2 aromatic carbocycles. The van der Waals surface area contributed by atoms with Crippen molar-refractivity contribution in [2.45, 2.75) is 25.7 Å². The lowest BCUT2D eigenvalue weighted by Gasteiger charge is -2.05. The third kappa shape index (κ3) is 6.25. The van der Waals surface area contributed by atoms with Crippen LogP contribution in [-0.2, 0) is 11.2 Å². The van der Waals surface area contributed by atoms with E-state index in [4.69, 9.17) is 11.6 Å². The van der Waals surface area contributed by atoms with Crippen molar-refractivity contribution in [3.63, 3.8) is 0 Å². The molecule has 0 atom stereocenters. The molecule has 0 aliphatic heterocycles. The summed E-state index contributed by atoms with van der Waals surface area (Å²) in [4.78, 5) is 23.7. The number of aryl methyl sites for hydroxylation is 1. The number of carbonyl (C=O) groups is 2. The number of amides is 1. The van der Waals surface area contributed by atoms with Gasteiger partial charge in [0.05, 0.1) is 0 Å². The van der Waals surface area contributed by atoms with E-state index in [0.29, 0.717) is 17.1 Å². The zero-order chi connectivity index (χ0) is 16.5. The Labute approximate surface area is 141 Å². The van der Waals surface area contributed by atoms with Gasteiger partial charge in [-0.2, -0.15) is 0 Å². The molecule has 1 amide bonds. The van der Waals surface area contributed by atoms with Crippen molar-refractivity contribution in [2.75, 3.05) is 6.54 Å². The Morgan fingerprint density at radius 1 is 0.913 bits per heavy atom. The van der Waals surface area contributed by atoms with E-state index in [1.54, 1.807) is 24.3 Å². The number of hydrogen-bond donors (Lipinski definition) is 1. The van der Waals surface area contributed by atoms with E-state index in [-0.39, 0.29) is 24.5 Å². The van der Waals surface area contributed by atoms with Gasteiger partial charge in [0.1, 0.15) is 0 Å². The van der Waals surface area contributed by atoms with E-state index < -0.39 is 0 Å². The van der Waals surface area contributed by atoms with Crippen molar-refractivity contribution in [3.05, 3.63) is 70.7 Å². The van der Waals surface area contributed by atoms with Crippen LogP contribution in [0.15, 0.2) is 54.6 Å². The number of ketones is 1. The van der Waals surface area contributed by atoms with E-state index in [1.807, 2.05) is 18.2 Å². The summed E-state index contributed by atoms with van der Waals surface area (Å²) < 4.78 is 0. The van der Waals surface area contributed by atoms with Gasteiger partial charge < -0.3 is 5.32 Å². The third-order valence-corrected chi connectivity index (χ3v) is 3.80. The summed E-state index contributed by atoms with van der Waals surface area (Å²) >= 11 is 5.78. The second-order valence-electron chi connectivity index (χ2n) is 5.37. The summed E-state index contributed by atoms with van der Waals surface area (Å²) in [5, 5.41) is 3.45. The van der Waals surface area contributed by atoms with E-state index in [0.717, 1.165) is 12.8 Å². The van der Waals surface area contributed by atoms with Crippen molar-refractivity contribution in [2.24, 2.45) is 0 Å². The number of carbonyl (C=O) groups excluding carboxylic acids is 2. The molecule has 2 rings (SSSR count). The molecule has 1 N–H and O–H groups in total. The molecular formula is C19H20ClNO2. The van der Waals surface area contributed by atoms with Crippen LogP contribution in [0.4, 0.5) is 0 Å². The van der Waals surface area contributed by atoms with Crippen molar-refractivity contribution in [3.8, 4) is 0 Å². The van der Waals surface area contributed by atoms with Crippen LogP contribution >= 0.6 is 11.6 Å². The van der Waals surface area contributed by atoms with Crippen LogP contribution in [0.2, 0.25) is 5.02 Å². The Morgan fingerprint density at radius 2 is 1.61 bits per heavy atom. The lowest BCUT2D eigenvalue weighted by molar-refractivity contribution is -0.121. The van der Waals surface area contributed by atoms with Crippen LogP contribution in [0, 0.1) is 0 Å². The van der Waals surface area contributed by atoms with Crippen molar-refractivity contribution < 1.29 is 9.59 Å². The minimum absolute atomic E-state index is 0.0406. The molecule has 0 saturated heterocycles. The molecule has 4 heteroatoms. The zero-order valence-corrected chi connectivity index (χ0v) is 13.7. The first kappa shape index (κ1) is 17.2. The fraction of sp³-hybridized carbons (Fsp3) is 0.263. The molecule has 0 heterocycles. The van der Waals surface area contributed by atoms with Gasteiger partial charge in [0.25, 0.3) is 0 Å². The Balaban J connectivity index is 1.63. The molecule has 120 valence electrons. The zero-order valence-electron chi connectivity index (χ0n) is 12.9. The highest BCUT2D eigenvalue weighted by Crippen LogP contribution is 2.11. The topological polar surface area (TPSA) is 46.2 Å². The molecule has 3 nitrogen and oxygen atoms in total. The molecule has 0 spiro atoms. The van der Waals surface area contributed by atoms with Gasteiger partial charge in [-0.25, -0.2) is 0 Å². The summed E-state index contributed by atoms with van der Waals surface area (Å²) in [7, 11) is 0. The standard InChI is InChI=1S/C19H20ClNO2/c20-17-10-8-16(9-11-17)18(22)12-13-19(23)21-14-4-7-15-5-2-1-3-6-15/h1-3,5-6,8-11H,4,7,12-14H2,(H,21,23). The van der Waals surface area contributed by atoms with Gasteiger partial charge in [-0.15, -0.1) is 0 Å². The number of benzene rings is 2. The minimum Gasteiger partial charge on any atom is -0.356 e. The number of nitrogens with one attached hydrogen (secondary N) is 1. The van der Waals surface area contributed by atoms with E-state index in [2.05, 4.69) is 17.4 Å². The van der Waals surface area contributed by atoms with Gasteiger partial charge >= 0.3 is 0 Å². The quantitative estimate of drug-likeness (QED) is 0.586. The molecule has 0 aliphatic rings. The fourth-order valence-electron chi connectivity index (χ4n) is 2.26. The maximum Gasteiger partial charge on any atom is 0.220 e. The van der Waals surface area contributed by atoms with Crippen LogP contribution in [0.3, 0.4) is 0 Å². The van der Waals surface area contributed by atoms with Gasteiger partial charge in [-0.05, 0) is 42.7 Å². The SMILES string of the molecule is O=C(CCC(=O)c1ccc(Cl)cc1)NCCCc1ccccc1. The molecule has 0 radical (unpaired) electrons. The molecule has 0 unspecified atom stereocenters. The number of Topliss-reactive ketones (excluding diaryl/α,β-unsaturated/α-hetero) is 1. The normalized spacial score (nSPS) is 10.3. The Hall–Kier alpha value is -2.13. The van der Waals surface area contributed by atoms with Gasteiger partial charge in [0.15, 0.2) is 5.78 Å². The van der Waals surface area contributed by atoms with Crippen molar-refractivity contribution >= 4 is 23.3 Å².